The summed E-state index contributed by atoms with van der Waals surface area (Å²) >= 11 is 13.5. The highest BCUT2D eigenvalue weighted by Crippen LogP contribution is 2.42. The molecule has 0 aliphatic carbocycles. The second kappa shape index (κ2) is 9.18. The molecule has 1 aliphatic heterocycles. The summed E-state index contributed by atoms with van der Waals surface area (Å²) in [6.07, 6.45) is 1.79. The summed E-state index contributed by atoms with van der Waals surface area (Å²) in [7, 11) is 1.71. The molecule has 7 heteroatoms. The Kier molecular flexibility index (Phi) is 6.37. The Balaban J connectivity index is 1.54. The topological polar surface area (TPSA) is 49.4 Å². The summed E-state index contributed by atoms with van der Waals surface area (Å²) in [5, 5.41) is 4.14. The molecule has 0 unspecified atom stereocenters. The third-order valence-corrected chi connectivity index (χ3v) is 6.55. The summed E-state index contributed by atoms with van der Waals surface area (Å²) in [5.41, 5.74) is 2.93. The van der Waals surface area contributed by atoms with Crippen molar-refractivity contribution in [3.05, 3.63) is 98.4 Å². The minimum absolute atomic E-state index is 0.142. The van der Waals surface area contributed by atoms with Crippen molar-refractivity contribution < 1.29 is 9.59 Å². The van der Waals surface area contributed by atoms with E-state index in [9.17, 15) is 9.59 Å². The molecule has 156 valence electrons. The molecule has 1 aliphatic rings. The minimum Gasteiger partial charge on any atom is -0.348 e. The number of benzene rings is 3. The van der Waals surface area contributed by atoms with E-state index in [1.807, 2.05) is 36.4 Å². The molecule has 4 rings (SSSR count). The Hall–Kier alpha value is -2.73. The Morgan fingerprint density at radius 1 is 1.06 bits per heavy atom. The number of amides is 2. The van der Waals surface area contributed by atoms with E-state index in [1.165, 1.54) is 11.8 Å². The van der Waals surface area contributed by atoms with Gasteiger partial charge in [-0.2, -0.15) is 0 Å². The second-order valence-electron chi connectivity index (χ2n) is 6.99. The summed E-state index contributed by atoms with van der Waals surface area (Å²) in [6, 6.07) is 20.1. The van der Waals surface area contributed by atoms with Gasteiger partial charge in [0.15, 0.2) is 0 Å². The largest absolute Gasteiger partial charge is 0.348 e. The quantitative estimate of drug-likeness (QED) is 0.475. The van der Waals surface area contributed by atoms with Crippen LogP contribution in [-0.2, 0) is 11.3 Å². The highest BCUT2D eigenvalue weighted by atomic mass is 35.5. The summed E-state index contributed by atoms with van der Waals surface area (Å²) in [6.45, 7) is 0.390. The second-order valence-corrected chi connectivity index (χ2v) is 8.92. The van der Waals surface area contributed by atoms with Crippen molar-refractivity contribution in [3.8, 4) is 0 Å². The van der Waals surface area contributed by atoms with Crippen molar-refractivity contribution in [3.63, 3.8) is 0 Å². The molecular weight excluding hydrogens is 451 g/mol. The van der Waals surface area contributed by atoms with Crippen LogP contribution in [0.25, 0.3) is 6.08 Å². The third-order valence-electron chi connectivity index (χ3n) is 4.88. The zero-order chi connectivity index (χ0) is 22.0. The Bertz CT molecular complexity index is 1190. The lowest BCUT2D eigenvalue weighted by atomic mass is 10.1. The van der Waals surface area contributed by atoms with Crippen LogP contribution in [0.15, 0.2) is 76.5 Å². The molecule has 4 nitrogen and oxygen atoms in total. The van der Waals surface area contributed by atoms with Crippen molar-refractivity contribution >= 4 is 58.5 Å². The van der Waals surface area contributed by atoms with Crippen LogP contribution >= 0.6 is 35.0 Å². The SMILES string of the molecule is CN1C(=O)C(=Cc2ccccc2Cl)Sc2ccc(C(=O)NCc3ccc(Cl)cc3)cc21. The molecule has 0 spiro atoms. The Morgan fingerprint density at radius 2 is 1.81 bits per heavy atom. The third kappa shape index (κ3) is 4.79. The number of hydrogen-bond acceptors (Lipinski definition) is 3. The normalized spacial score (nSPS) is 14.5. The zero-order valence-electron chi connectivity index (χ0n) is 16.6. The standard InChI is InChI=1S/C24H18Cl2N2O2S/c1-28-20-12-17(23(29)27-14-15-6-9-18(25)10-7-15)8-11-21(20)31-22(24(28)30)13-16-4-2-3-5-19(16)26/h2-13H,14H2,1H3,(H,27,29). The predicted molar refractivity (Wildman–Crippen MR) is 128 cm³/mol. The number of halogens is 2. The van der Waals surface area contributed by atoms with E-state index in [4.69, 9.17) is 23.2 Å². The number of nitrogens with one attached hydrogen (secondary N) is 1. The van der Waals surface area contributed by atoms with Gasteiger partial charge in [0, 0.05) is 34.1 Å². The van der Waals surface area contributed by atoms with Crippen LogP contribution in [0.1, 0.15) is 21.5 Å². The van der Waals surface area contributed by atoms with Crippen molar-refractivity contribution in [1.29, 1.82) is 0 Å². The first-order valence-electron chi connectivity index (χ1n) is 9.51. The number of hydrogen-bond donors (Lipinski definition) is 1. The molecule has 3 aromatic rings. The van der Waals surface area contributed by atoms with Crippen molar-refractivity contribution in [2.75, 3.05) is 11.9 Å². The van der Waals surface area contributed by atoms with E-state index in [0.717, 1.165) is 16.0 Å². The zero-order valence-corrected chi connectivity index (χ0v) is 18.9. The van der Waals surface area contributed by atoms with E-state index in [1.54, 1.807) is 48.4 Å². The van der Waals surface area contributed by atoms with Gasteiger partial charge in [-0.3, -0.25) is 9.59 Å². The van der Waals surface area contributed by atoms with Gasteiger partial charge in [-0.25, -0.2) is 0 Å². The first kappa shape index (κ1) is 21.5. The van der Waals surface area contributed by atoms with Crippen LogP contribution in [0.4, 0.5) is 5.69 Å². The maximum Gasteiger partial charge on any atom is 0.264 e. The van der Waals surface area contributed by atoms with Crippen LogP contribution < -0.4 is 10.2 Å². The molecule has 1 N–H and O–H groups in total. The number of carbonyl (C=O) groups excluding carboxylic acids is 2. The van der Waals surface area contributed by atoms with E-state index in [0.29, 0.717) is 32.7 Å². The number of thioether (sulfide) groups is 1. The summed E-state index contributed by atoms with van der Waals surface area (Å²) in [5.74, 6) is -0.350. The fourth-order valence-corrected chi connectivity index (χ4v) is 4.55. The van der Waals surface area contributed by atoms with Gasteiger partial charge in [-0.15, -0.1) is 0 Å². The molecule has 0 saturated heterocycles. The van der Waals surface area contributed by atoms with Crippen molar-refractivity contribution in [1.82, 2.24) is 5.32 Å². The number of carbonyl (C=O) groups is 2. The average Bonchev–Trinajstić information content (AvgIpc) is 2.78. The lowest BCUT2D eigenvalue weighted by Crippen LogP contribution is -2.31. The molecule has 3 aromatic carbocycles. The fourth-order valence-electron chi connectivity index (χ4n) is 3.16. The van der Waals surface area contributed by atoms with E-state index < -0.39 is 0 Å². The van der Waals surface area contributed by atoms with E-state index >= 15 is 0 Å². The van der Waals surface area contributed by atoms with Gasteiger partial charge in [-0.1, -0.05) is 65.3 Å². The average molecular weight is 469 g/mol. The molecule has 1 heterocycles. The number of likely N-dealkylation sites (N-methyl/N-ethyl adjacent to an activating group) is 1. The van der Waals surface area contributed by atoms with E-state index in [-0.39, 0.29) is 11.8 Å². The highest BCUT2D eigenvalue weighted by Gasteiger charge is 2.27. The fraction of sp³-hybridized carbons (Fsp3) is 0.0833. The van der Waals surface area contributed by atoms with Crippen molar-refractivity contribution in [2.24, 2.45) is 0 Å². The Morgan fingerprint density at radius 3 is 2.55 bits per heavy atom. The molecule has 31 heavy (non-hydrogen) atoms. The lowest BCUT2D eigenvalue weighted by molar-refractivity contribution is -0.114. The predicted octanol–water partition coefficient (Wildman–Crippen LogP) is 6.03. The minimum atomic E-state index is -0.207. The maximum absolute atomic E-state index is 12.9. The molecular formula is C24H18Cl2N2O2S. The van der Waals surface area contributed by atoms with Gasteiger partial charge in [-0.05, 0) is 53.6 Å². The smallest absolute Gasteiger partial charge is 0.264 e. The van der Waals surface area contributed by atoms with Gasteiger partial charge in [0.05, 0.1) is 10.6 Å². The highest BCUT2D eigenvalue weighted by molar-refractivity contribution is 8.04. The van der Waals surface area contributed by atoms with Crippen LogP contribution in [0.2, 0.25) is 10.0 Å². The monoisotopic (exact) mass is 468 g/mol. The molecule has 0 radical (unpaired) electrons. The molecule has 0 bridgehead atoms. The Labute approximate surface area is 194 Å². The van der Waals surface area contributed by atoms with Gasteiger partial charge in [0.2, 0.25) is 0 Å². The van der Waals surface area contributed by atoms with Gasteiger partial charge < -0.3 is 10.2 Å². The maximum atomic E-state index is 12.9. The molecule has 0 aromatic heterocycles. The van der Waals surface area contributed by atoms with Crippen LogP contribution in [0.5, 0.6) is 0 Å². The summed E-state index contributed by atoms with van der Waals surface area (Å²) in [4.78, 5) is 28.6. The van der Waals surface area contributed by atoms with Crippen LogP contribution in [-0.4, -0.2) is 18.9 Å². The first-order valence-corrected chi connectivity index (χ1v) is 11.1. The molecule has 0 saturated carbocycles. The molecule has 0 fully saturated rings. The number of nitrogens with zero attached hydrogens (tertiary/aromatic N) is 1. The van der Waals surface area contributed by atoms with Gasteiger partial charge in [0.25, 0.3) is 11.8 Å². The van der Waals surface area contributed by atoms with E-state index in [2.05, 4.69) is 5.32 Å². The summed E-state index contributed by atoms with van der Waals surface area (Å²) < 4.78 is 0. The number of fused-ring (bicyclic) bond motifs is 1. The first-order chi connectivity index (χ1) is 14.9. The lowest BCUT2D eigenvalue weighted by Gasteiger charge is -2.27. The van der Waals surface area contributed by atoms with Crippen molar-refractivity contribution in [2.45, 2.75) is 11.4 Å². The molecule has 2 amide bonds. The van der Waals surface area contributed by atoms with Crippen LogP contribution in [0.3, 0.4) is 0 Å². The van der Waals surface area contributed by atoms with Gasteiger partial charge >= 0.3 is 0 Å². The number of rotatable bonds is 4. The molecule has 0 atom stereocenters. The van der Waals surface area contributed by atoms with Gasteiger partial charge in [0.1, 0.15) is 0 Å². The number of anilines is 1. The van der Waals surface area contributed by atoms with Crippen LogP contribution in [0, 0.1) is 0 Å².